The number of ketones is 1. The first kappa shape index (κ1) is 12.8. The van der Waals surface area contributed by atoms with Crippen LogP contribution in [0.3, 0.4) is 0 Å². The van der Waals surface area contributed by atoms with Crippen molar-refractivity contribution < 1.29 is 13.2 Å². The summed E-state index contributed by atoms with van der Waals surface area (Å²) in [4.78, 5) is 15.3. The number of aromatic nitrogens is 1. The molecular weight excluding hydrogens is 228 g/mol. The van der Waals surface area contributed by atoms with Crippen LogP contribution in [0.1, 0.15) is 19.5 Å². The number of carbonyl (C=O) groups excluding carboxylic acids is 1. The van der Waals surface area contributed by atoms with E-state index in [1.54, 1.807) is 13.8 Å². The quantitative estimate of drug-likeness (QED) is 0.832. The van der Waals surface area contributed by atoms with Gasteiger partial charge in [0.15, 0.2) is 0 Å². The molecule has 0 spiro atoms. The fraction of sp³-hybridized carbons (Fsp3) is 0.400. The summed E-state index contributed by atoms with van der Waals surface area (Å²) in [6.45, 7) is 3.61. The van der Waals surface area contributed by atoms with Gasteiger partial charge in [0.05, 0.1) is 0 Å². The number of primary sulfonamides is 1. The molecule has 0 unspecified atom stereocenters. The van der Waals surface area contributed by atoms with Gasteiger partial charge in [-0.05, 0) is 12.1 Å². The molecule has 1 rings (SSSR count). The summed E-state index contributed by atoms with van der Waals surface area (Å²) in [5.41, 5.74) is 0.547. The maximum atomic E-state index is 11.4. The summed E-state index contributed by atoms with van der Waals surface area (Å²) in [6, 6.07) is 2.85. The Morgan fingerprint density at radius 2 is 2.06 bits per heavy atom. The van der Waals surface area contributed by atoms with Gasteiger partial charge in [0.25, 0.3) is 0 Å². The summed E-state index contributed by atoms with van der Waals surface area (Å²) in [6.07, 6.45) is 1.38. The van der Waals surface area contributed by atoms with Crippen LogP contribution < -0.4 is 5.14 Å². The Morgan fingerprint density at radius 1 is 1.44 bits per heavy atom. The summed E-state index contributed by atoms with van der Waals surface area (Å²) >= 11 is 0. The van der Waals surface area contributed by atoms with E-state index in [1.165, 1.54) is 12.1 Å². The Balaban J connectivity index is 2.84. The number of nitrogens with zero attached hydrogens (tertiary/aromatic N) is 1. The van der Waals surface area contributed by atoms with Gasteiger partial charge >= 0.3 is 0 Å². The van der Waals surface area contributed by atoms with Crippen molar-refractivity contribution in [2.24, 2.45) is 11.1 Å². The average molecular weight is 242 g/mol. The Bertz CT molecular complexity index is 477. The summed E-state index contributed by atoms with van der Waals surface area (Å²) in [5.74, 6) is 0.00979. The van der Waals surface area contributed by atoms with Crippen LogP contribution in [0.5, 0.6) is 0 Å². The van der Waals surface area contributed by atoms with Crippen molar-refractivity contribution in [1.29, 1.82) is 0 Å². The van der Waals surface area contributed by atoms with E-state index in [0.717, 1.165) is 6.20 Å². The maximum absolute atomic E-state index is 11.4. The third-order valence-electron chi connectivity index (χ3n) is 2.13. The molecule has 0 saturated carbocycles. The molecule has 0 saturated heterocycles. The Labute approximate surface area is 94.7 Å². The molecule has 0 aliphatic rings. The lowest BCUT2D eigenvalue weighted by atomic mass is 10.0. The van der Waals surface area contributed by atoms with Crippen LogP contribution in [0.4, 0.5) is 0 Å². The van der Waals surface area contributed by atoms with E-state index in [-0.39, 0.29) is 23.0 Å². The third-order valence-corrected chi connectivity index (χ3v) is 3.02. The van der Waals surface area contributed by atoms with Gasteiger partial charge in [0.2, 0.25) is 10.0 Å². The zero-order valence-corrected chi connectivity index (χ0v) is 9.99. The normalized spacial score (nSPS) is 11.8. The topological polar surface area (TPSA) is 90.1 Å². The van der Waals surface area contributed by atoms with Gasteiger partial charge in [-0.3, -0.25) is 9.78 Å². The minimum atomic E-state index is -3.71. The molecule has 0 bridgehead atoms. The minimum absolute atomic E-state index is 0.0479. The highest BCUT2D eigenvalue weighted by atomic mass is 32.2. The molecule has 0 atom stereocenters. The van der Waals surface area contributed by atoms with Crippen molar-refractivity contribution >= 4 is 15.8 Å². The van der Waals surface area contributed by atoms with E-state index < -0.39 is 10.0 Å². The van der Waals surface area contributed by atoms with Crippen molar-refractivity contribution in [3.05, 3.63) is 24.0 Å². The number of hydrogen-bond acceptors (Lipinski definition) is 4. The summed E-state index contributed by atoms with van der Waals surface area (Å²) in [5, 5.41) is 4.92. The second-order valence-corrected chi connectivity index (χ2v) is 5.39. The number of nitrogens with two attached hydrogens (primary N) is 1. The van der Waals surface area contributed by atoms with Crippen molar-refractivity contribution in [1.82, 2.24) is 4.98 Å². The van der Waals surface area contributed by atoms with Crippen molar-refractivity contribution in [3.8, 4) is 0 Å². The lowest BCUT2D eigenvalue weighted by Gasteiger charge is -2.04. The second-order valence-electron chi connectivity index (χ2n) is 3.83. The number of sulfonamides is 1. The molecule has 0 aliphatic carbocycles. The first-order chi connectivity index (χ1) is 7.30. The van der Waals surface area contributed by atoms with Gasteiger partial charge in [-0.25, -0.2) is 13.6 Å². The van der Waals surface area contributed by atoms with Crippen LogP contribution >= 0.6 is 0 Å². The molecule has 6 heteroatoms. The van der Waals surface area contributed by atoms with E-state index in [9.17, 15) is 13.2 Å². The minimum Gasteiger partial charge on any atom is -0.299 e. The van der Waals surface area contributed by atoms with Crippen LogP contribution in [0.2, 0.25) is 0 Å². The molecule has 0 fully saturated rings. The predicted molar refractivity (Wildman–Crippen MR) is 59.2 cm³/mol. The predicted octanol–water partition coefficient (Wildman–Crippen LogP) is 0.497. The Morgan fingerprint density at radius 3 is 2.44 bits per heavy atom. The Kier molecular flexibility index (Phi) is 3.77. The molecular formula is C10H14N2O3S. The largest absolute Gasteiger partial charge is 0.299 e. The van der Waals surface area contributed by atoms with Crippen LogP contribution in [0.25, 0.3) is 0 Å². The van der Waals surface area contributed by atoms with Crippen molar-refractivity contribution in [2.75, 3.05) is 0 Å². The zero-order valence-electron chi connectivity index (χ0n) is 9.17. The van der Waals surface area contributed by atoms with Crippen LogP contribution in [-0.2, 0) is 21.2 Å². The SMILES string of the molecule is CC(C)C(=O)Cc1ccc(S(N)(=O)=O)cn1. The first-order valence-corrected chi connectivity index (χ1v) is 6.36. The lowest BCUT2D eigenvalue weighted by Crippen LogP contribution is -2.14. The highest BCUT2D eigenvalue weighted by Gasteiger charge is 2.11. The highest BCUT2D eigenvalue weighted by Crippen LogP contribution is 2.08. The van der Waals surface area contributed by atoms with E-state index in [4.69, 9.17) is 5.14 Å². The van der Waals surface area contributed by atoms with Gasteiger partial charge in [0.1, 0.15) is 10.7 Å². The van der Waals surface area contributed by atoms with E-state index in [2.05, 4.69) is 4.98 Å². The van der Waals surface area contributed by atoms with Crippen molar-refractivity contribution in [2.45, 2.75) is 25.2 Å². The molecule has 1 aromatic rings. The molecule has 0 amide bonds. The van der Waals surface area contributed by atoms with Crippen molar-refractivity contribution in [3.63, 3.8) is 0 Å². The molecule has 16 heavy (non-hydrogen) atoms. The number of pyridine rings is 1. The molecule has 2 N–H and O–H groups in total. The Hall–Kier alpha value is -1.27. The number of carbonyl (C=O) groups is 1. The molecule has 1 heterocycles. The summed E-state index contributed by atoms with van der Waals surface area (Å²) < 4.78 is 21.9. The maximum Gasteiger partial charge on any atom is 0.239 e. The van der Waals surface area contributed by atoms with Gasteiger partial charge in [-0.15, -0.1) is 0 Å². The highest BCUT2D eigenvalue weighted by molar-refractivity contribution is 7.89. The first-order valence-electron chi connectivity index (χ1n) is 4.81. The number of rotatable bonds is 4. The lowest BCUT2D eigenvalue weighted by molar-refractivity contribution is -0.121. The molecule has 0 radical (unpaired) electrons. The standard InChI is InChI=1S/C10H14N2O3S/c1-7(2)10(13)5-8-3-4-9(6-12-8)16(11,14)15/h3-4,6-7H,5H2,1-2H3,(H2,11,14,15). The smallest absolute Gasteiger partial charge is 0.239 e. The van der Waals surface area contributed by atoms with Gasteiger partial charge in [0, 0.05) is 24.2 Å². The van der Waals surface area contributed by atoms with E-state index in [1.807, 2.05) is 0 Å². The van der Waals surface area contributed by atoms with E-state index >= 15 is 0 Å². The number of hydrogen-bond donors (Lipinski definition) is 1. The molecule has 88 valence electrons. The van der Waals surface area contributed by atoms with Crippen LogP contribution in [0, 0.1) is 5.92 Å². The third kappa shape index (κ3) is 3.39. The van der Waals surface area contributed by atoms with Crippen LogP contribution in [0.15, 0.2) is 23.2 Å². The van der Waals surface area contributed by atoms with Crippen LogP contribution in [-0.4, -0.2) is 19.2 Å². The fourth-order valence-corrected chi connectivity index (χ4v) is 1.52. The molecule has 0 aliphatic heterocycles. The monoisotopic (exact) mass is 242 g/mol. The van der Waals surface area contributed by atoms with Gasteiger partial charge in [-0.2, -0.15) is 0 Å². The summed E-state index contributed by atoms with van der Waals surface area (Å²) in [7, 11) is -3.71. The molecule has 1 aromatic heterocycles. The molecule has 0 aromatic carbocycles. The van der Waals surface area contributed by atoms with Gasteiger partial charge < -0.3 is 0 Å². The zero-order chi connectivity index (χ0) is 12.3. The van der Waals surface area contributed by atoms with Gasteiger partial charge in [-0.1, -0.05) is 13.8 Å². The number of Topliss-reactive ketones (excluding diaryl/α,β-unsaturated/α-hetero) is 1. The second kappa shape index (κ2) is 4.71. The van der Waals surface area contributed by atoms with E-state index in [0.29, 0.717) is 5.69 Å². The average Bonchev–Trinajstić information content (AvgIpc) is 2.17. The fourth-order valence-electron chi connectivity index (χ4n) is 1.07. The molecule has 5 nitrogen and oxygen atoms in total.